The third-order valence-electron chi connectivity index (χ3n) is 4.57. The molecule has 150 valence electrons. The largest absolute Gasteiger partial charge is 0.416 e. The van der Waals surface area contributed by atoms with Gasteiger partial charge in [0.25, 0.3) is 0 Å². The number of nitrogens with zero attached hydrogens (tertiary/aromatic N) is 4. The van der Waals surface area contributed by atoms with E-state index in [1.807, 2.05) is 17.9 Å². The lowest BCUT2D eigenvalue weighted by atomic mass is 10.1. The summed E-state index contributed by atoms with van der Waals surface area (Å²) < 4.78 is 38.3. The number of benzene rings is 1. The van der Waals surface area contributed by atoms with Crippen molar-refractivity contribution in [2.45, 2.75) is 25.4 Å². The molecule has 1 saturated heterocycles. The number of carbonyl (C=O) groups is 1. The molecule has 1 aromatic heterocycles. The molecule has 0 bridgehead atoms. The van der Waals surface area contributed by atoms with Crippen LogP contribution >= 0.6 is 11.6 Å². The van der Waals surface area contributed by atoms with Crippen LogP contribution in [0.2, 0.25) is 0 Å². The first kappa shape index (κ1) is 20.4. The van der Waals surface area contributed by atoms with Gasteiger partial charge >= 0.3 is 6.18 Å². The number of halogens is 4. The highest BCUT2D eigenvalue weighted by molar-refractivity contribution is 6.30. The fourth-order valence-electron chi connectivity index (χ4n) is 3.06. The van der Waals surface area contributed by atoms with Crippen molar-refractivity contribution < 1.29 is 18.0 Å². The van der Waals surface area contributed by atoms with Crippen LogP contribution in [-0.2, 0) is 11.0 Å². The molecule has 1 aliphatic heterocycles. The minimum Gasteiger partial charge on any atom is -0.353 e. The minimum atomic E-state index is -4.38. The van der Waals surface area contributed by atoms with Gasteiger partial charge in [-0.1, -0.05) is 12.1 Å². The molecule has 1 atom stereocenters. The Labute approximate surface area is 166 Å². The van der Waals surface area contributed by atoms with Gasteiger partial charge in [0.2, 0.25) is 5.91 Å². The van der Waals surface area contributed by atoms with Gasteiger partial charge in [0.05, 0.1) is 5.56 Å². The SMILES string of the molecule is Cc1cc(N2CCN(C(=O)C(C)Cl)CC2)nc(-c2ccc(C(F)(F)F)cc2)n1. The summed E-state index contributed by atoms with van der Waals surface area (Å²) in [5.74, 6) is 0.968. The average Bonchev–Trinajstić information content (AvgIpc) is 2.66. The van der Waals surface area contributed by atoms with E-state index in [-0.39, 0.29) is 5.91 Å². The van der Waals surface area contributed by atoms with Gasteiger partial charge in [0, 0.05) is 43.5 Å². The van der Waals surface area contributed by atoms with Gasteiger partial charge in [-0.25, -0.2) is 9.97 Å². The quantitative estimate of drug-likeness (QED) is 0.720. The van der Waals surface area contributed by atoms with Gasteiger partial charge in [-0.15, -0.1) is 11.6 Å². The van der Waals surface area contributed by atoms with E-state index < -0.39 is 17.1 Å². The van der Waals surface area contributed by atoms with Crippen molar-refractivity contribution in [3.8, 4) is 11.4 Å². The molecule has 9 heteroatoms. The molecule has 28 heavy (non-hydrogen) atoms. The Morgan fingerprint density at radius 1 is 1.11 bits per heavy atom. The smallest absolute Gasteiger partial charge is 0.353 e. The van der Waals surface area contributed by atoms with Gasteiger partial charge < -0.3 is 9.80 Å². The van der Waals surface area contributed by atoms with Gasteiger partial charge in [0.1, 0.15) is 11.2 Å². The molecule has 2 aromatic rings. The number of aryl methyl sites for hydroxylation is 1. The van der Waals surface area contributed by atoms with Crippen molar-refractivity contribution in [2.24, 2.45) is 0 Å². The first-order valence-corrected chi connectivity index (χ1v) is 9.30. The van der Waals surface area contributed by atoms with E-state index in [4.69, 9.17) is 11.6 Å². The number of anilines is 1. The topological polar surface area (TPSA) is 49.3 Å². The predicted molar refractivity (Wildman–Crippen MR) is 101 cm³/mol. The van der Waals surface area contributed by atoms with Gasteiger partial charge in [-0.2, -0.15) is 13.2 Å². The van der Waals surface area contributed by atoms with Crippen LogP contribution in [0.4, 0.5) is 19.0 Å². The van der Waals surface area contributed by atoms with Crippen molar-refractivity contribution in [3.05, 3.63) is 41.6 Å². The molecule has 1 unspecified atom stereocenters. The summed E-state index contributed by atoms with van der Waals surface area (Å²) in [6, 6.07) is 6.63. The maximum absolute atomic E-state index is 12.8. The highest BCUT2D eigenvalue weighted by Gasteiger charge is 2.30. The van der Waals surface area contributed by atoms with Gasteiger partial charge in [-0.3, -0.25) is 4.79 Å². The van der Waals surface area contributed by atoms with E-state index in [9.17, 15) is 18.0 Å². The Balaban J connectivity index is 1.78. The minimum absolute atomic E-state index is 0.0920. The van der Waals surface area contributed by atoms with Crippen molar-refractivity contribution in [3.63, 3.8) is 0 Å². The number of amides is 1. The monoisotopic (exact) mass is 412 g/mol. The zero-order valence-electron chi connectivity index (χ0n) is 15.5. The van der Waals surface area contributed by atoms with Crippen LogP contribution in [0.3, 0.4) is 0 Å². The zero-order valence-corrected chi connectivity index (χ0v) is 16.3. The van der Waals surface area contributed by atoms with Crippen molar-refractivity contribution in [1.82, 2.24) is 14.9 Å². The summed E-state index contributed by atoms with van der Waals surface area (Å²) in [6.07, 6.45) is -4.38. The molecular weight excluding hydrogens is 393 g/mol. The van der Waals surface area contributed by atoms with Crippen molar-refractivity contribution >= 4 is 23.3 Å². The molecule has 5 nitrogen and oxygen atoms in total. The molecule has 1 aromatic carbocycles. The molecule has 1 aliphatic rings. The second-order valence-corrected chi connectivity index (χ2v) is 7.35. The van der Waals surface area contributed by atoms with Crippen LogP contribution in [0, 0.1) is 6.92 Å². The van der Waals surface area contributed by atoms with E-state index in [0.29, 0.717) is 49.1 Å². The third-order valence-corrected chi connectivity index (χ3v) is 4.75. The number of rotatable bonds is 3. The van der Waals surface area contributed by atoms with Crippen LogP contribution in [0.1, 0.15) is 18.2 Å². The van der Waals surface area contributed by atoms with E-state index in [1.165, 1.54) is 12.1 Å². The lowest BCUT2D eigenvalue weighted by Gasteiger charge is -2.36. The molecule has 2 heterocycles. The van der Waals surface area contributed by atoms with Crippen LogP contribution < -0.4 is 4.90 Å². The normalized spacial score (nSPS) is 16.2. The summed E-state index contributed by atoms with van der Waals surface area (Å²) in [7, 11) is 0. The molecule has 3 rings (SSSR count). The molecule has 0 saturated carbocycles. The number of aromatic nitrogens is 2. The Hall–Kier alpha value is -2.35. The summed E-state index contributed by atoms with van der Waals surface area (Å²) in [5, 5.41) is -0.556. The van der Waals surface area contributed by atoms with Gasteiger partial charge in [-0.05, 0) is 26.0 Å². The molecule has 0 spiro atoms. The van der Waals surface area contributed by atoms with Crippen molar-refractivity contribution in [2.75, 3.05) is 31.1 Å². The first-order valence-electron chi connectivity index (χ1n) is 8.86. The van der Waals surface area contributed by atoms with Crippen LogP contribution in [0.5, 0.6) is 0 Å². The number of hydrogen-bond donors (Lipinski definition) is 0. The fourth-order valence-corrected chi connectivity index (χ4v) is 3.20. The summed E-state index contributed by atoms with van der Waals surface area (Å²) in [5.41, 5.74) is 0.522. The Morgan fingerprint density at radius 2 is 1.71 bits per heavy atom. The highest BCUT2D eigenvalue weighted by atomic mass is 35.5. The zero-order chi connectivity index (χ0) is 20.5. The number of piperazine rings is 1. The standard InChI is InChI=1S/C19H20ClF3N4O/c1-12-11-16(26-7-9-27(10-8-26)18(28)13(2)20)25-17(24-12)14-3-5-15(6-4-14)19(21,22)23/h3-6,11,13H,7-10H2,1-2H3. The second-order valence-electron chi connectivity index (χ2n) is 6.69. The molecule has 0 N–H and O–H groups in total. The highest BCUT2D eigenvalue weighted by Crippen LogP contribution is 2.30. The predicted octanol–water partition coefficient (Wildman–Crippen LogP) is 3.75. The van der Waals surface area contributed by atoms with Gasteiger partial charge in [0.15, 0.2) is 5.82 Å². The molecule has 1 fully saturated rings. The molecule has 0 aliphatic carbocycles. The van der Waals surface area contributed by atoms with E-state index >= 15 is 0 Å². The fraction of sp³-hybridized carbons (Fsp3) is 0.421. The Morgan fingerprint density at radius 3 is 2.25 bits per heavy atom. The second kappa shape index (κ2) is 7.95. The number of hydrogen-bond acceptors (Lipinski definition) is 4. The molecule has 0 radical (unpaired) electrons. The Bertz CT molecular complexity index is 847. The maximum Gasteiger partial charge on any atom is 0.416 e. The third kappa shape index (κ3) is 4.55. The molecular formula is C19H20ClF3N4O. The molecule has 1 amide bonds. The van der Waals surface area contributed by atoms with Crippen LogP contribution in [-0.4, -0.2) is 52.3 Å². The maximum atomic E-state index is 12.8. The lowest BCUT2D eigenvalue weighted by molar-refractivity contribution is -0.137. The lowest BCUT2D eigenvalue weighted by Crippen LogP contribution is -2.50. The number of alkyl halides is 4. The number of carbonyl (C=O) groups excluding carboxylic acids is 1. The van der Waals surface area contributed by atoms with E-state index in [2.05, 4.69) is 9.97 Å². The van der Waals surface area contributed by atoms with Crippen molar-refractivity contribution in [1.29, 1.82) is 0 Å². The first-order chi connectivity index (χ1) is 13.1. The Kier molecular flexibility index (Phi) is 5.79. The van der Waals surface area contributed by atoms with Crippen LogP contribution in [0.25, 0.3) is 11.4 Å². The average molecular weight is 413 g/mol. The summed E-state index contributed by atoms with van der Waals surface area (Å²) in [6.45, 7) is 5.73. The van der Waals surface area contributed by atoms with Crippen LogP contribution in [0.15, 0.2) is 30.3 Å². The summed E-state index contributed by atoms with van der Waals surface area (Å²) in [4.78, 5) is 24.6. The summed E-state index contributed by atoms with van der Waals surface area (Å²) >= 11 is 5.87. The van der Waals surface area contributed by atoms with E-state index in [0.717, 1.165) is 12.1 Å². The van der Waals surface area contributed by atoms with E-state index in [1.54, 1.807) is 11.8 Å².